The van der Waals surface area contributed by atoms with Crippen molar-refractivity contribution in [1.29, 1.82) is 0 Å². The highest BCUT2D eigenvalue weighted by Crippen LogP contribution is 2.31. The largest absolute Gasteiger partial charge is 0.356 e. The van der Waals surface area contributed by atoms with Gasteiger partial charge in [-0.15, -0.1) is 0 Å². The number of piperidine rings is 1. The molecule has 0 aliphatic carbocycles. The summed E-state index contributed by atoms with van der Waals surface area (Å²) < 4.78 is 13.2. The van der Waals surface area contributed by atoms with E-state index in [9.17, 15) is 14.0 Å². The summed E-state index contributed by atoms with van der Waals surface area (Å²) in [6.45, 7) is 3.38. The maximum atomic E-state index is 13.2. The topological polar surface area (TPSA) is 49.4 Å². The van der Waals surface area contributed by atoms with Crippen LogP contribution in [0.3, 0.4) is 0 Å². The second kappa shape index (κ2) is 8.13. The minimum Gasteiger partial charge on any atom is -0.356 e. The fourth-order valence-corrected chi connectivity index (χ4v) is 3.52. The zero-order chi connectivity index (χ0) is 18.5. The summed E-state index contributed by atoms with van der Waals surface area (Å²) in [6.07, 6.45) is 0.711. The molecule has 2 unspecified atom stereocenters. The fourth-order valence-electron chi connectivity index (χ4n) is 3.52. The summed E-state index contributed by atoms with van der Waals surface area (Å²) in [6, 6.07) is 15.5. The summed E-state index contributed by atoms with van der Waals surface area (Å²) in [4.78, 5) is 27.0. The Morgan fingerprint density at radius 1 is 1.08 bits per heavy atom. The van der Waals surface area contributed by atoms with E-state index in [4.69, 9.17) is 0 Å². The molecule has 1 saturated heterocycles. The van der Waals surface area contributed by atoms with E-state index in [0.717, 1.165) is 5.56 Å². The first-order valence-corrected chi connectivity index (χ1v) is 8.96. The monoisotopic (exact) mass is 354 g/mol. The van der Waals surface area contributed by atoms with Gasteiger partial charge in [-0.3, -0.25) is 9.59 Å². The Labute approximate surface area is 153 Å². The SMILES string of the molecule is CCNC(=O)C1CC(c2ccccc2)CN(C(=O)c2ccc(F)cc2)C1. The van der Waals surface area contributed by atoms with E-state index >= 15 is 0 Å². The third-order valence-corrected chi connectivity index (χ3v) is 4.82. The van der Waals surface area contributed by atoms with Crippen LogP contribution in [0.5, 0.6) is 0 Å². The first-order valence-electron chi connectivity index (χ1n) is 8.96. The van der Waals surface area contributed by atoms with Gasteiger partial charge in [0.15, 0.2) is 0 Å². The van der Waals surface area contributed by atoms with E-state index in [1.54, 1.807) is 4.90 Å². The van der Waals surface area contributed by atoms with Gasteiger partial charge in [0.25, 0.3) is 5.91 Å². The summed E-state index contributed by atoms with van der Waals surface area (Å²) in [5, 5.41) is 2.87. The third-order valence-electron chi connectivity index (χ3n) is 4.82. The number of hydrogen-bond acceptors (Lipinski definition) is 2. The zero-order valence-corrected chi connectivity index (χ0v) is 14.8. The van der Waals surface area contributed by atoms with Crippen molar-refractivity contribution in [2.24, 2.45) is 5.92 Å². The molecule has 1 fully saturated rings. The molecule has 0 aromatic heterocycles. The molecular weight excluding hydrogens is 331 g/mol. The highest BCUT2D eigenvalue weighted by atomic mass is 19.1. The van der Waals surface area contributed by atoms with Crippen LogP contribution in [0.1, 0.15) is 35.2 Å². The molecule has 4 nitrogen and oxygen atoms in total. The Bertz CT molecular complexity index is 761. The van der Waals surface area contributed by atoms with E-state index in [1.165, 1.54) is 24.3 Å². The normalized spacial score (nSPS) is 19.8. The van der Waals surface area contributed by atoms with Crippen molar-refractivity contribution < 1.29 is 14.0 Å². The molecule has 3 rings (SSSR count). The van der Waals surface area contributed by atoms with Crippen molar-refractivity contribution in [3.8, 4) is 0 Å². The van der Waals surface area contributed by atoms with Gasteiger partial charge in [0.05, 0.1) is 5.92 Å². The van der Waals surface area contributed by atoms with Gasteiger partial charge in [0.1, 0.15) is 5.82 Å². The molecule has 0 saturated carbocycles. The Hall–Kier alpha value is -2.69. The number of nitrogens with one attached hydrogen (secondary N) is 1. The molecule has 2 amide bonds. The molecule has 0 spiro atoms. The first kappa shape index (κ1) is 18.1. The molecular formula is C21H23FN2O2. The average Bonchev–Trinajstić information content (AvgIpc) is 2.68. The molecule has 1 aliphatic heterocycles. The number of amides is 2. The van der Waals surface area contributed by atoms with Crippen molar-refractivity contribution in [3.63, 3.8) is 0 Å². The molecule has 136 valence electrons. The molecule has 5 heteroatoms. The van der Waals surface area contributed by atoms with Gasteiger partial charge >= 0.3 is 0 Å². The first-order chi connectivity index (χ1) is 12.6. The standard InChI is InChI=1S/C21H23FN2O2/c1-2-23-20(25)18-12-17(15-6-4-3-5-7-15)13-24(14-18)21(26)16-8-10-19(22)11-9-16/h3-11,17-18H,2,12-14H2,1H3,(H,23,25). The highest BCUT2D eigenvalue weighted by molar-refractivity contribution is 5.94. The number of nitrogens with zero attached hydrogens (tertiary/aromatic N) is 1. The minimum absolute atomic E-state index is 0.0231. The lowest BCUT2D eigenvalue weighted by Crippen LogP contribution is -2.48. The van der Waals surface area contributed by atoms with Crippen molar-refractivity contribution in [3.05, 3.63) is 71.5 Å². The van der Waals surface area contributed by atoms with E-state index in [-0.39, 0.29) is 29.5 Å². The van der Waals surface area contributed by atoms with Gasteiger partial charge in [-0.05, 0) is 43.2 Å². The van der Waals surface area contributed by atoms with Crippen LogP contribution >= 0.6 is 0 Å². The van der Waals surface area contributed by atoms with Gasteiger partial charge < -0.3 is 10.2 Å². The van der Waals surface area contributed by atoms with E-state index in [1.807, 2.05) is 37.3 Å². The summed E-state index contributed by atoms with van der Waals surface area (Å²) >= 11 is 0. The predicted molar refractivity (Wildman–Crippen MR) is 98.3 cm³/mol. The minimum atomic E-state index is -0.373. The summed E-state index contributed by atoms with van der Waals surface area (Å²) in [7, 11) is 0. The highest BCUT2D eigenvalue weighted by Gasteiger charge is 2.34. The lowest BCUT2D eigenvalue weighted by molar-refractivity contribution is -0.126. The number of halogens is 1. The third kappa shape index (κ3) is 4.10. The van der Waals surface area contributed by atoms with Crippen LogP contribution in [0.15, 0.2) is 54.6 Å². The number of likely N-dealkylation sites (tertiary alicyclic amines) is 1. The van der Waals surface area contributed by atoms with Gasteiger partial charge in [0.2, 0.25) is 5.91 Å². The van der Waals surface area contributed by atoms with Gasteiger partial charge in [-0.25, -0.2) is 4.39 Å². The fraction of sp³-hybridized carbons (Fsp3) is 0.333. The lowest BCUT2D eigenvalue weighted by Gasteiger charge is -2.37. The Balaban J connectivity index is 1.84. The molecule has 2 atom stereocenters. The maximum Gasteiger partial charge on any atom is 0.253 e. The van der Waals surface area contributed by atoms with Crippen LogP contribution in [0.2, 0.25) is 0 Å². The predicted octanol–water partition coefficient (Wildman–Crippen LogP) is 3.21. The lowest BCUT2D eigenvalue weighted by atomic mass is 9.83. The van der Waals surface area contributed by atoms with Crippen molar-refractivity contribution >= 4 is 11.8 Å². The number of carbonyl (C=O) groups is 2. The van der Waals surface area contributed by atoms with Gasteiger partial charge in [-0.2, -0.15) is 0 Å². The van der Waals surface area contributed by atoms with E-state index in [2.05, 4.69) is 5.32 Å². The van der Waals surface area contributed by atoms with Gasteiger partial charge in [0, 0.05) is 31.1 Å². The molecule has 1 N–H and O–H groups in total. The molecule has 2 aromatic rings. The van der Waals surface area contributed by atoms with Crippen LogP contribution in [0, 0.1) is 11.7 Å². The molecule has 1 heterocycles. The summed E-state index contributed by atoms with van der Waals surface area (Å²) in [5.41, 5.74) is 1.56. The molecule has 1 aliphatic rings. The van der Waals surface area contributed by atoms with Crippen molar-refractivity contribution in [1.82, 2.24) is 10.2 Å². The zero-order valence-electron chi connectivity index (χ0n) is 14.8. The Morgan fingerprint density at radius 2 is 1.77 bits per heavy atom. The molecule has 26 heavy (non-hydrogen) atoms. The number of hydrogen-bond donors (Lipinski definition) is 1. The maximum absolute atomic E-state index is 13.2. The molecule has 0 bridgehead atoms. The van der Waals surface area contributed by atoms with Crippen LogP contribution in [0.4, 0.5) is 4.39 Å². The van der Waals surface area contributed by atoms with E-state index < -0.39 is 0 Å². The smallest absolute Gasteiger partial charge is 0.253 e. The van der Waals surface area contributed by atoms with E-state index in [0.29, 0.717) is 31.6 Å². The van der Waals surface area contributed by atoms with Crippen LogP contribution < -0.4 is 5.32 Å². The second-order valence-electron chi connectivity index (χ2n) is 6.65. The van der Waals surface area contributed by atoms with Crippen molar-refractivity contribution in [2.75, 3.05) is 19.6 Å². The molecule has 0 radical (unpaired) electrons. The van der Waals surface area contributed by atoms with Crippen LogP contribution in [0.25, 0.3) is 0 Å². The molecule has 2 aromatic carbocycles. The average molecular weight is 354 g/mol. The second-order valence-corrected chi connectivity index (χ2v) is 6.65. The van der Waals surface area contributed by atoms with Gasteiger partial charge in [-0.1, -0.05) is 30.3 Å². The van der Waals surface area contributed by atoms with Crippen molar-refractivity contribution in [2.45, 2.75) is 19.3 Å². The number of carbonyl (C=O) groups excluding carboxylic acids is 2. The summed E-state index contributed by atoms with van der Waals surface area (Å²) in [5.74, 6) is -0.715. The number of rotatable bonds is 4. The Morgan fingerprint density at radius 3 is 2.42 bits per heavy atom. The van der Waals surface area contributed by atoms with Crippen LogP contribution in [-0.4, -0.2) is 36.3 Å². The number of benzene rings is 2. The van der Waals surface area contributed by atoms with Crippen LogP contribution in [-0.2, 0) is 4.79 Å². The quantitative estimate of drug-likeness (QED) is 0.917. The Kier molecular flexibility index (Phi) is 5.66.